The van der Waals surface area contributed by atoms with Gasteiger partial charge in [0.15, 0.2) is 11.1 Å². The molecule has 3 aromatic heterocycles. The fourth-order valence-electron chi connectivity index (χ4n) is 4.97. The van der Waals surface area contributed by atoms with E-state index in [0.717, 1.165) is 35.6 Å². The van der Waals surface area contributed by atoms with Crippen molar-refractivity contribution in [1.82, 2.24) is 19.6 Å². The number of ether oxygens (including phenoxy) is 2. The number of imidazole rings is 1. The Hall–Kier alpha value is -4.76. The average molecular weight is 550 g/mol. The van der Waals surface area contributed by atoms with Crippen molar-refractivity contribution in [3.8, 4) is 11.3 Å². The van der Waals surface area contributed by atoms with Gasteiger partial charge >= 0.3 is 5.97 Å². The predicted octanol–water partition coefficient (Wildman–Crippen LogP) is 5.20. The molecule has 208 valence electrons. The van der Waals surface area contributed by atoms with E-state index in [1.807, 2.05) is 79.9 Å². The molecule has 9 nitrogen and oxygen atoms in total. The molecule has 1 aliphatic rings. The van der Waals surface area contributed by atoms with Crippen molar-refractivity contribution in [2.45, 2.75) is 26.4 Å². The molecule has 0 saturated carbocycles. The van der Waals surface area contributed by atoms with Crippen LogP contribution >= 0.6 is 0 Å². The zero-order valence-corrected chi connectivity index (χ0v) is 23.3. The number of nitrogens with one attached hydrogen (secondary N) is 1. The second-order valence-corrected chi connectivity index (χ2v) is 10.9. The monoisotopic (exact) mass is 549 g/mol. The third kappa shape index (κ3) is 5.49. The molecule has 1 aliphatic heterocycles. The van der Waals surface area contributed by atoms with Gasteiger partial charge in [0.1, 0.15) is 11.3 Å². The van der Waals surface area contributed by atoms with E-state index in [4.69, 9.17) is 14.5 Å². The predicted molar refractivity (Wildman–Crippen MR) is 160 cm³/mol. The average Bonchev–Trinajstić information content (AvgIpc) is 3.34. The van der Waals surface area contributed by atoms with Crippen LogP contribution in [0.2, 0.25) is 0 Å². The van der Waals surface area contributed by atoms with Crippen LogP contribution < -0.4 is 10.3 Å². The van der Waals surface area contributed by atoms with Gasteiger partial charge < -0.3 is 19.4 Å². The number of anilines is 1. The van der Waals surface area contributed by atoms with Crippen LogP contribution in [0.5, 0.6) is 0 Å². The molecule has 1 N–H and O–H groups in total. The van der Waals surface area contributed by atoms with E-state index in [1.54, 1.807) is 24.4 Å². The lowest BCUT2D eigenvalue weighted by molar-refractivity contribution is 0.00695. The summed E-state index contributed by atoms with van der Waals surface area (Å²) in [5.41, 5.74) is 5.22. The van der Waals surface area contributed by atoms with Gasteiger partial charge in [-0.2, -0.15) is 5.10 Å². The molecule has 5 aromatic rings. The Morgan fingerprint density at radius 3 is 2.54 bits per heavy atom. The molecule has 1 saturated heterocycles. The number of pyridine rings is 1. The minimum absolute atomic E-state index is 0.0526. The third-order valence-electron chi connectivity index (χ3n) is 6.85. The van der Waals surface area contributed by atoms with E-state index in [2.05, 4.69) is 15.0 Å². The number of esters is 1. The Morgan fingerprint density at radius 2 is 1.78 bits per heavy atom. The highest BCUT2D eigenvalue weighted by Gasteiger charge is 2.22. The van der Waals surface area contributed by atoms with Crippen LogP contribution in [0.4, 0.5) is 5.69 Å². The van der Waals surface area contributed by atoms with Gasteiger partial charge in [-0.15, -0.1) is 0 Å². The quantitative estimate of drug-likeness (QED) is 0.301. The molecule has 0 spiro atoms. The number of aromatic nitrogens is 4. The fourth-order valence-corrected chi connectivity index (χ4v) is 4.97. The molecule has 0 radical (unpaired) electrons. The molecule has 0 unspecified atom stereocenters. The number of morpholine rings is 1. The Labute approximate surface area is 237 Å². The number of fused-ring (bicyclic) bond motifs is 2. The largest absolute Gasteiger partial charge is 0.456 e. The van der Waals surface area contributed by atoms with E-state index in [1.165, 1.54) is 0 Å². The minimum Gasteiger partial charge on any atom is -0.456 e. The molecule has 0 bridgehead atoms. The Morgan fingerprint density at radius 1 is 1.02 bits per heavy atom. The standard InChI is InChI=1S/C32H31N5O4/c1-32(2,3)41-31(39)22-10-8-21(9-11-22)29-26(13-12-23-20-28(38)24-6-4-5-7-25(24)34-23)35-30-27(14-15-33-37(29)30)36-16-18-40-19-17-36/h4-15,20H,16-19H2,1-3H3,(H,34,38). The molecule has 0 aliphatic carbocycles. The molecule has 9 heteroatoms. The lowest BCUT2D eigenvalue weighted by Crippen LogP contribution is -2.36. The molecule has 2 aromatic carbocycles. The number of hydrogen-bond acceptors (Lipinski definition) is 7. The van der Waals surface area contributed by atoms with Crippen molar-refractivity contribution in [3.05, 3.63) is 94.0 Å². The van der Waals surface area contributed by atoms with Gasteiger partial charge in [-0.3, -0.25) is 4.79 Å². The molecule has 1 fully saturated rings. The summed E-state index contributed by atoms with van der Waals surface area (Å²) in [7, 11) is 0. The van der Waals surface area contributed by atoms with Crippen LogP contribution in [0.15, 0.2) is 71.7 Å². The highest BCUT2D eigenvalue weighted by molar-refractivity contribution is 5.91. The van der Waals surface area contributed by atoms with Gasteiger partial charge in [-0.05, 0) is 63.3 Å². The van der Waals surface area contributed by atoms with Gasteiger partial charge in [-0.25, -0.2) is 14.3 Å². The first kappa shape index (κ1) is 26.5. The zero-order valence-electron chi connectivity index (χ0n) is 23.3. The SMILES string of the molecule is CC(C)(C)OC(=O)c1ccc(-c2c(C=Cc3cc(=O)c4ccccc4[nH]3)nc3c(N4CCOCC4)ccnn23)cc1. The Balaban J connectivity index is 1.45. The van der Waals surface area contributed by atoms with Gasteiger partial charge in [-0.1, -0.05) is 24.3 Å². The molecular formula is C32H31N5O4. The summed E-state index contributed by atoms with van der Waals surface area (Å²) in [6.07, 6.45) is 5.50. The molecule has 4 heterocycles. The van der Waals surface area contributed by atoms with Crippen molar-refractivity contribution in [3.63, 3.8) is 0 Å². The molecular weight excluding hydrogens is 518 g/mol. The van der Waals surface area contributed by atoms with E-state index >= 15 is 0 Å². The summed E-state index contributed by atoms with van der Waals surface area (Å²) in [5, 5.41) is 5.30. The highest BCUT2D eigenvalue weighted by atomic mass is 16.6. The Bertz CT molecular complexity index is 1820. The summed E-state index contributed by atoms with van der Waals surface area (Å²) in [6, 6.07) is 18.2. The van der Waals surface area contributed by atoms with Crippen molar-refractivity contribution in [2.24, 2.45) is 0 Å². The lowest BCUT2D eigenvalue weighted by atomic mass is 10.1. The number of hydrogen-bond donors (Lipinski definition) is 1. The van der Waals surface area contributed by atoms with Crippen molar-refractivity contribution >= 4 is 40.4 Å². The van der Waals surface area contributed by atoms with E-state index < -0.39 is 5.60 Å². The minimum atomic E-state index is -0.584. The molecule has 41 heavy (non-hydrogen) atoms. The number of para-hydroxylation sites is 1. The summed E-state index contributed by atoms with van der Waals surface area (Å²) in [6.45, 7) is 8.35. The van der Waals surface area contributed by atoms with Crippen LogP contribution in [0.3, 0.4) is 0 Å². The second-order valence-electron chi connectivity index (χ2n) is 10.9. The molecule has 0 atom stereocenters. The maximum Gasteiger partial charge on any atom is 0.338 e. The normalized spacial score (nSPS) is 14.3. The molecule has 6 rings (SSSR count). The number of H-pyrrole nitrogens is 1. The van der Waals surface area contributed by atoms with Gasteiger partial charge in [0.2, 0.25) is 0 Å². The number of benzene rings is 2. The zero-order chi connectivity index (χ0) is 28.6. The van der Waals surface area contributed by atoms with Crippen LogP contribution in [-0.2, 0) is 9.47 Å². The van der Waals surface area contributed by atoms with Gasteiger partial charge in [0.05, 0.1) is 36.4 Å². The lowest BCUT2D eigenvalue weighted by Gasteiger charge is -2.28. The van der Waals surface area contributed by atoms with Gasteiger partial charge in [0.25, 0.3) is 0 Å². The number of nitrogens with zero attached hydrogens (tertiary/aromatic N) is 4. The van der Waals surface area contributed by atoms with Crippen LogP contribution in [0.25, 0.3) is 40.0 Å². The van der Waals surface area contributed by atoms with Crippen LogP contribution in [0.1, 0.15) is 42.5 Å². The van der Waals surface area contributed by atoms with E-state index in [9.17, 15) is 9.59 Å². The number of carbonyl (C=O) groups is 1. The smallest absolute Gasteiger partial charge is 0.338 e. The van der Waals surface area contributed by atoms with Crippen molar-refractivity contribution in [2.75, 3.05) is 31.2 Å². The van der Waals surface area contributed by atoms with Crippen LogP contribution in [-0.4, -0.2) is 57.5 Å². The first-order valence-electron chi connectivity index (χ1n) is 13.6. The summed E-state index contributed by atoms with van der Waals surface area (Å²) < 4.78 is 12.9. The topological polar surface area (TPSA) is 102 Å². The highest BCUT2D eigenvalue weighted by Crippen LogP contribution is 2.31. The van der Waals surface area contributed by atoms with E-state index in [-0.39, 0.29) is 11.4 Å². The maximum absolute atomic E-state index is 12.7. The van der Waals surface area contributed by atoms with Crippen molar-refractivity contribution in [1.29, 1.82) is 0 Å². The Kier molecular flexibility index (Phi) is 6.88. The van der Waals surface area contributed by atoms with Gasteiger partial charge in [0, 0.05) is 41.3 Å². The van der Waals surface area contributed by atoms with Crippen molar-refractivity contribution < 1.29 is 14.3 Å². The number of rotatable bonds is 5. The summed E-state index contributed by atoms with van der Waals surface area (Å²) in [4.78, 5) is 35.9. The van der Waals surface area contributed by atoms with Crippen LogP contribution in [0, 0.1) is 0 Å². The van der Waals surface area contributed by atoms with E-state index in [0.29, 0.717) is 41.2 Å². The molecule has 0 amide bonds. The number of carbonyl (C=O) groups excluding carboxylic acids is 1. The second kappa shape index (κ2) is 10.7. The maximum atomic E-state index is 12.7. The fraction of sp³-hybridized carbons (Fsp3) is 0.250. The summed E-state index contributed by atoms with van der Waals surface area (Å²) in [5.74, 6) is -0.379. The number of aromatic amines is 1. The first-order chi connectivity index (χ1) is 19.8. The first-order valence-corrected chi connectivity index (χ1v) is 13.6. The third-order valence-corrected chi connectivity index (χ3v) is 6.85. The summed E-state index contributed by atoms with van der Waals surface area (Å²) >= 11 is 0.